The number of nitrogens with zero attached hydrogens (tertiary/aromatic N) is 4. The van der Waals surface area contributed by atoms with Crippen LogP contribution in [0.3, 0.4) is 0 Å². The van der Waals surface area contributed by atoms with Crippen LogP contribution < -0.4 is 10.1 Å². The first kappa shape index (κ1) is 17.1. The molecule has 8 heteroatoms. The number of methoxy groups -OCH3 is 1. The minimum atomic E-state index is -0.700. The maximum atomic E-state index is 10.7. The maximum absolute atomic E-state index is 10.7. The molecule has 1 atom stereocenters. The van der Waals surface area contributed by atoms with Gasteiger partial charge in [0.25, 0.3) is 0 Å². The molecule has 4 rings (SSSR count). The fraction of sp³-hybridized carbons (Fsp3) is 0.389. The van der Waals surface area contributed by atoms with Crippen molar-refractivity contribution in [1.29, 1.82) is 0 Å². The van der Waals surface area contributed by atoms with Crippen molar-refractivity contribution in [2.45, 2.75) is 19.7 Å². The lowest BCUT2D eigenvalue weighted by Crippen LogP contribution is -2.47. The van der Waals surface area contributed by atoms with Crippen LogP contribution in [0.1, 0.15) is 24.4 Å². The van der Waals surface area contributed by atoms with E-state index < -0.39 is 6.23 Å². The molecule has 0 radical (unpaired) electrons. The van der Waals surface area contributed by atoms with Crippen LogP contribution >= 0.6 is 11.3 Å². The molecule has 1 fully saturated rings. The molecule has 136 valence electrons. The molecule has 26 heavy (non-hydrogen) atoms. The molecule has 0 amide bonds. The fourth-order valence-electron chi connectivity index (χ4n) is 3.11. The third-order valence-electron chi connectivity index (χ3n) is 4.47. The summed E-state index contributed by atoms with van der Waals surface area (Å²) in [6, 6.07) is 3.87. The van der Waals surface area contributed by atoms with E-state index in [-0.39, 0.29) is 0 Å². The van der Waals surface area contributed by atoms with E-state index in [1.54, 1.807) is 30.8 Å². The number of aliphatic hydroxyl groups excluding tert-OH is 1. The Morgan fingerprint density at radius 1 is 1.38 bits per heavy atom. The molecule has 2 N–H and O–H groups in total. The third kappa shape index (κ3) is 3.35. The molecule has 1 aliphatic heterocycles. The normalized spacial score (nSPS) is 16.4. The number of pyridine rings is 1. The van der Waals surface area contributed by atoms with E-state index in [2.05, 4.69) is 27.2 Å². The van der Waals surface area contributed by atoms with Crippen LogP contribution in [0.5, 0.6) is 5.75 Å². The van der Waals surface area contributed by atoms with Crippen molar-refractivity contribution in [2.75, 3.05) is 25.5 Å². The van der Waals surface area contributed by atoms with E-state index in [0.29, 0.717) is 29.9 Å². The Morgan fingerprint density at radius 2 is 2.23 bits per heavy atom. The van der Waals surface area contributed by atoms with E-state index in [4.69, 9.17) is 4.74 Å². The zero-order chi connectivity index (χ0) is 18.1. The van der Waals surface area contributed by atoms with Crippen LogP contribution in [0.25, 0.3) is 10.2 Å². The maximum Gasteiger partial charge on any atom is 0.223 e. The number of nitrogens with one attached hydrogen (secondary N) is 1. The lowest BCUT2D eigenvalue weighted by Gasteiger charge is -2.40. The van der Waals surface area contributed by atoms with Crippen molar-refractivity contribution in [3.05, 3.63) is 41.2 Å². The highest BCUT2D eigenvalue weighted by molar-refractivity contribution is 7.17. The van der Waals surface area contributed by atoms with Crippen molar-refractivity contribution in [3.8, 4) is 5.75 Å². The minimum Gasteiger partial charge on any atom is -0.495 e. The summed E-state index contributed by atoms with van der Waals surface area (Å²) in [6.45, 7) is 4.47. The van der Waals surface area contributed by atoms with Crippen LogP contribution in [0.4, 0.5) is 5.95 Å². The van der Waals surface area contributed by atoms with Gasteiger partial charge in [0, 0.05) is 25.8 Å². The Hall–Kier alpha value is -2.29. The molecular formula is C18H21N5O2S. The van der Waals surface area contributed by atoms with Crippen LogP contribution in [0, 0.1) is 5.92 Å². The second kappa shape index (κ2) is 7.14. The number of anilines is 1. The Bertz CT molecular complexity index is 909. The van der Waals surface area contributed by atoms with Crippen LogP contribution in [-0.4, -0.2) is 45.2 Å². The molecule has 0 aliphatic carbocycles. The van der Waals surface area contributed by atoms with Gasteiger partial charge in [-0.2, -0.15) is 0 Å². The van der Waals surface area contributed by atoms with Gasteiger partial charge in [-0.3, -0.25) is 9.88 Å². The van der Waals surface area contributed by atoms with Gasteiger partial charge in [-0.1, -0.05) is 6.92 Å². The second-order valence-corrected chi connectivity index (χ2v) is 7.50. The smallest absolute Gasteiger partial charge is 0.223 e. The van der Waals surface area contributed by atoms with Gasteiger partial charge in [-0.25, -0.2) is 9.97 Å². The highest BCUT2D eigenvalue weighted by Crippen LogP contribution is 2.32. The average Bonchev–Trinajstić information content (AvgIpc) is 3.11. The fourth-order valence-corrected chi connectivity index (χ4v) is 3.95. The highest BCUT2D eigenvalue weighted by Gasteiger charge is 2.31. The van der Waals surface area contributed by atoms with E-state index in [1.807, 2.05) is 22.4 Å². The number of hydrogen-bond donors (Lipinski definition) is 2. The van der Waals surface area contributed by atoms with Gasteiger partial charge >= 0.3 is 0 Å². The summed E-state index contributed by atoms with van der Waals surface area (Å²) in [4.78, 5) is 15.3. The van der Waals surface area contributed by atoms with E-state index in [9.17, 15) is 5.11 Å². The van der Waals surface area contributed by atoms with Crippen molar-refractivity contribution in [1.82, 2.24) is 19.9 Å². The zero-order valence-electron chi connectivity index (χ0n) is 14.7. The molecule has 1 saturated heterocycles. The Labute approximate surface area is 155 Å². The summed E-state index contributed by atoms with van der Waals surface area (Å²) in [7, 11) is 1.62. The molecule has 3 aromatic rings. The van der Waals surface area contributed by atoms with Crippen molar-refractivity contribution in [2.24, 2.45) is 5.92 Å². The first-order valence-corrected chi connectivity index (χ1v) is 9.41. The van der Waals surface area contributed by atoms with Gasteiger partial charge in [-0.15, -0.1) is 11.3 Å². The number of fused-ring (bicyclic) bond motifs is 1. The number of aromatic nitrogens is 3. The van der Waals surface area contributed by atoms with E-state index in [1.165, 1.54) is 0 Å². The van der Waals surface area contributed by atoms with Gasteiger partial charge in [0.2, 0.25) is 5.95 Å². The number of hydrogen-bond acceptors (Lipinski definition) is 8. The Balaban J connectivity index is 1.57. The van der Waals surface area contributed by atoms with Gasteiger partial charge in [0.1, 0.15) is 11.4 Å². The number of rotatable bonds is 6. The average molecular weight is 371 g/mol. The van der Waals surface area contributed by atoms with Gasteiger partial charge < -0.3 is 15.2 Å². The first-order valence-electron chi connectivity index (χ1n) is 8.53. The van der Waals surface area contributed by atoms with Crippen LogP contribution in [0.15, 0.2) is 29.9 Å². The summed E-state index contributed by atoms with van der Waals surface area (Å²) < 4.78 is 6.14. The summed E-state index contributed by atoms with van der Waals surface area (Å²) in [5.41, 5.74) is 2.49. The third-order valence-corrected chi connectivity index (χ3v) is 5.39. The van der Waals surface area contributed by atoms with E-state index >= 15 is 0 Å². The Kier molecular flexibility index (Phi) is 4.71. The largest absolute Gasteiger partial charge is 0.495 e. The number of ether oxygens (including phenoxy) is 1. The molecule has 1 unspecified atom stereocenters. The lowest BCUT2D eigenvalue weighted by atomic mass is 10.0. The summed E-state index contributed by atoms with van der Waals surface area (Å²) in [6.07, 6.45) is 2.74. The van der Waals surface area contributed by atoms with Crippen molar-refractivity contribution >= 4 is 27.5 Å². The van der Waals surface area contributed by atoms with Gasteiger partial charge in [0.05, 0.1) is 23.5 Å². The van der Waals surface area contributed by atoms with Crippen molar-refractivity contribution < 1.29 is 9.84 Å². The topological polar surface area (TPSA) is 83.4 Å². The monoisotopic (exact) mass is 371 g/mol. The van der Waals surface area contributed by atoms with Crippen molar-refractivity contribution in [3.63, 3.8) is 0 Å². The van der Waals surface area contributed by atoms with Gasteiger partial charge in [0.15, 0.2) is 6.23 Å². The SMILES string of the molecule is COc1cncc(CNc2nc(C(O)N3CC(C)C3)c3sccc3n2)c1. The van der Waals surface area contributed by atoms with Crippen LogP contribution in [0.2, 0.25) is 0 Å². The predicted molar refractivity (Wildman–Crippen MR) is 101 cm³/mol. The number of thiophene rings is 1. The predicted octanol–water partition coefficient (Wildman–Crippen LogP) is 2.65. The zero-order valence-corrected chi connectivity index (χ0v) is 15.5. The molecule has 0 saturated carbocycles. The molecule has 4 heterocycles. The minimum absolute atomic E-state index is 0.501. The molecule has 0 spiro atoms. The molecule has 7 nitrogen and oxygen atoms in total. The molecular weight excluding hydrogens is 350 g/mol. The standard InChI is InChI=1S/C18H21N5O2S/c1-11-9-23(10-11)17(24)15-16-14(3-4-26-16)21-18(22-15)20-7-12-5-13(25-2)8-19-6-12/h3-6,8,11,17,24H,7,9-10H2,1-2H3,(H,20,21,22). The number of likely N-dealkylation sites (tertiary alicyclic amines) is 1. The van der Waals surface area contributed by atoms with Crippen LogP contribution in [-0.2, 0) is 6.54 Å². The molecule has 0 bridgehead atoms. The molecule has 3 aromatic heterocycles. The number of aliphatic hydroxyl groups is 1. The Morgan fingerprint density at radius 3 is 3.00 bits per heavy atom. The highest BCUT2D eigenvalue weighted by atomic mass is 32.1. The summed E-state index contributed by atoms with van der Waals surface area (Å²) in [5, 5.41) is 15.9. The molecule has 1 aliphatic rings. The van der Waals surface area contributed by atoms with Gasteiger partial charge in [-0.05, 0) is 29.0 Å². The summed E-state index contributed by atoms with van der Waals surface area (Å²) in [5.74, 6) is 1.83. The second-order valence-electron chi connectivity index (χ2n) is 6.59. The van der Waals surface area contributed by atoms with E-state index in [0.717, 1.165) is 28.9 Å². The molecule has 0 aromatic carbocycles. The quantitative estimate of drug-likeness (QED) is 0.689. The lowest BCUT2D eigenvalue weighted by molar-refractivity contribution is -0.0640. The first-order chi connectivity index (χ1) is 12.6. The summed E-state index contributed by atoms with van der Waals surface area (Å²) >= 11 is 1.56.